The van der Waals surface area contributed by atoms with Crippen molar-refractivity contribution in [2.75, 3.05) is 38.2 Å². The van der Waals surface area contributed by atoms with Crippen LogP contribution in [0.1, 0.15) is 0 Å². The first kappa shape index (κ1) is 21.8. The number of ether oxygens (including phenoxy) is 2. The highest BCUT2D eigenvalue weighted by atomic mass is 79.9. The molecule has 31 heavy (non-hydrogen) atoms. The zero-order valence-electron chi connectivity index (χ0n) is 16.6. The number of morpholine rings is 1. The number of nitrogens with one attached hydrogen (secondary N) is 1. The highest BCUT2D eigenvalue weighted by Gasteiger charge is 2.26. The van der Waals surface area contributed by atoms with E-state index in [0.29, 0.717) is 37.7 Å². The molecule has 0 radical (unpaired) electrons. The lowest BCUT2D eigenvalue weighted by Crippen LogP contribution is -2.40. The van der Waals surface area contributed by atoms with Crippen LogP contribution in [-0.2, 0) is 19.6 Å². The minimum atomic E-state index is -3.57. The number of carbonyl (C=O) groups excluding carboxylic acids is 1. The first-order valence-electron chi connectivity index (χ1n) is 9.73. The zero-order valence-corrected chi connectivity index (χ0v) is 19.0. The van der Waals surface area contributed by atoms with E-state index in [0.717, 1.165) is 15.2 Å². The van der Waals surface area contributed by atoms with Gasteiger partial charge < -0.3 is 14.8 Å². The van der Waals surface area contributed by atoms with Gasteiger partial charge in [0.15, 0.2) is 6.61 Å². The average Bonchev–Trinajstić information content (AvgIpc) is 2.80. The standard InChI is InChI=1S/C22H21BrN2O5S/c23-22-19-4-2-1-3-16(19)5-10-20(22)30-15-21(26)24-17-6-8-18(9-7-17)31(27,28)25-11-13-29-14-12-25/h1-10H,11-15H2,(H,24,26). The molecule has 0 atom stereocenters. The van der Waals surface area contributed by atoms with E-state index < -0.39 is 10.0 Å². The van der Waals surface area contributed by atoms with Crippen LogP contribution < -0.4 is 10.1 Å². The highest BCUT2D eigenvalue weighted by Crippen LogP contribution is 2.33. The van der Waals surface area contributed by atoms with E-state index in [1.54, 1.807) is 12.1 Å². The van der Waals surface area contributed by atoms with Gasteiger partial charge >= 0.3 is 0 Å². The normalized spacial score (nSPS) is 15.0. The molecule has 3 aromatic carbocycles. The summed E-state index contributed by atoms with van der Waals surface area (Å²) in [7, 11) is -3.57. The van der Waals surface area contributed by atoms with Crippen LogP contribution in [0.2, 0.25) is 0 Å². The lowest BCUT2D eigenvalue weighted by atomic mass is 10.1. The number of carbonyl (C=O) groups is 1. The fourth-order valence-corrected chi connectivity index (χ4v) is 5.33. The van der Waals surface area contributed by atoms with Crippen LogP contribution in [0.25, 0.3) is 10.8 Å². The second-order valence-electron chi connectivity index (χ2n) is 6.98. The minimum absolute atomic E-state index is 0.176. The molecular weight excluding hydrogens is 484 g/mol. The van der Waals surface area contributed by atoms with E-state index in [2.05, 4.69) is 21.2 Å². The third kappa shape index (κ3) is 4.90. The number of benzene rings is 3. The predicted molar refractivity (Wildman–Crippen MR) is 122 cm³/mol. The second-order valence-corrected chi connectivity index (χ2v) is 9.71. The number of halogens is 1. The van der Waals surface area contributed by atoms with Gasteiger partial charge in [-0.15, -0.1) is 0 Å². The molecule has 7 nitrogen and oxygen atoms in total. The maximum Gasteiger partial charge on any atom is 0.262 e. The molecule has 0 unspecified atom stereocenters. The van der Waals surface area contributed by atoms with Crippen LogP contribution in [-0.4, -0.2) is 51.5 Å². The SMILES string of the molecule is O=C(COc1ccc2ccccc2c1Br)Nc1ccc(S(=O)(=O)N2CCOCC2)cc1. The Labute approximate surface area is 189 Å². The van der Waals surface area contributed by atoms with Gasteiger partial charge in [0.25, 0.3) is 5.91 Å². The molecule has 162 valence electrons. The van der Waals surface area contributed by atoms with Crippen LogP contribution in [0.4, 0.5) is 5.69 Å². The highest BCUT2D eigenvalue weighted by molar-refractivity contribution is 9.10. The summed E-state index contributed by atoms with van der Waals surface area (Å²) in [6.45, 7) is 1.27. The third-order valence-electron chi connectivity index (χ3n) is 4.93. The summed E-state index contributed by atoms with van der Waals surface area (Å²) in [5.74, 6) is 0.227. The lowest BCUT2D eigenvalue weighted by molar-refractivity contribution is -0.118. The van der Waals surface area contributed by atoms with Crippen LogP contribution in [0.3, 0.4) is 0 Å². The molecule has 0 bridgehead atoms. The fraction of sp³-hybridized carbons (Fsp3) is 0.227. The zero-order chi connectivity index (χ0) is 21.8. The molecule has 1 aliphatic heterocycles. The third-order valence-corrected chi connectivity index (χ3v) is 7.66. The van der Waals surface area contributed by atoms with Crippen molar-refractivity contribution >= 4 is 48.3 Å². The monoisotopic (exact) mass is 504 g/mol. The van der Waals surface area contributed by atoms with Crippen LogP contribution in [0.15, 0.2) is 70.0 Å². The molecule has 4 rings (SSSR count). The van der Waals surface area contributed by atoms with Gasteiger partial charge in [-0.1, -0.05) is 30.3 Å². The fourth-order valence-electron chi connectivity index (χ4n) is 3.31. The molecule has 0 spiro atoms. The first-order chi connectivity index (χ1) is 14.9. The molecular formula is C22H21BrN2O5S. The molecule has 0 saturated carbocycles. The molecule has 1 heterocycles. The van der Waals surface area contributed by atoms with E-state index in [1.165, 1.54) is 16.4 Å². The molecule has 1 fully saturated rings. The van der Waals surface area contributed by atoms with Crippen molar-refractivity contribution in [3.8, 4) is 5.75 Å². The van der Waals surface area contributed by atoms with E-state index >= 15 is 0 Å². The van der Waals surface area contributed by atoms with Crippen molar-refractivity contribution in [3.63, 3.8) is 0 Å². The Bertz CT molecular complexity index is 1190. The number of sulfonamides is 1. The average molecular weight is 505 g/mol. The summed E-state index contributed by atoms with van der Waals surface area (Å²) in [6, 6.07) is 17.7. The Morgan fingerprint density at radius 1 is 1.03 bits per heavy atom. The van der Waals surface area contributed by atoms with Crippen molar-refractivity contribution in [2.45, 2.75) is 4.90 Å². The molecule has 0 aliphatic carbocycles. The Kier molecular flexibility index (Phi) is 6.57. The summed E-state index contributed by atoms with van der Waals surface area (Å²) in [6.07, 6.45) is 0. The van der Waals surface area contributed by atoms with Gasteiger partial charge in [0.2, 0.25) is 10.0 Å². The number of nitrogens with zero attached hydrogens (tertiary/aromatic N) is 1. The number of amides is 1. The lowest BCUT2D eigenvalue weighted by Gasteiger charge is -2.26. The van der Waals surface area contributed by atoms with Crippen LogP contribution >= 0.6 is 15.9 Å². The number of anilines is 1. The maximum absolute atomic E-state index is 12.7. The maximum atomic E-state index is 12.7. The van der Waals surface area contributed by atoms with Gasteiger partial charge in [-0.2, -0.15) is 4.31 Å². The van der Waals surface area contributed by atoms with Gasteiger partial charge in [0.1, 0.15) is 5.75 Å². The molecule has 1 N–H and O–H groups in total. The first-order valence-corrected chi connectivity index (χ1v) is 12.0. The van der Waals surface area contributed by atoms with E-state index in [4.69, 9.17) is 9.47 Å². The summed E-state index contributed by atoms with van der Waals surface area (Å²) >= 11 is 3.53. The van der Waals surface area contributed by atoms with Crippen molar-refractivity contribution in [1.29, 1.82) is 0 Å². The van der Waals surface area contributed by atoms with Crippen molar-refractivity contribution in [1.82, 2.24) is 4.31 Å². The van der Waals surface area contributed by atoms with Gasteiger partial charge in [0, 0.05) is 18.8 Å². The summed E-state index contributed by atoms with van der Waals surface area (Å²) in [5, 5.41) is 4.78. The quantitative estimate of drug-likeness (QED) is 0.553. The van der Waals surface area contributed by atoms with E-state index in [-0.39, 0.29) is 17.4 Å². The Balaban J connectivity index is 1.37. The molecule has 0 aromatic heterocycles. The molecule has 1 amide bonds. The summed E-state index contributed by atoms with van der Waals surface area (Å²) < 4.78 is 38.4. The van der Waals surface area contributed by atoms with Gasteiger partial charge in [0.05, 0.1) is 22.6 Å². The summed E-state index contributed by atoms with van der Waals surface area (Å²) in [5.41, 5.74) is 0.493. The number of hydrogen-bond donors (Lipinski definition) is 1. The Morgan fingerprint density at radius 3 is 2.48 bits per heavy atom. The topological polar surface area (TPSA) is 84.9 Å². The van der Waals surface area contributed by atoms with Gasteiger partial charge in [-0.05, 0) is 57.0 Å². The van der Waals surface area contributed by atoms with Crippen molar-refractivity contribution < 1.29 is 22.7 Å². The smallest absolute Gasteiger partial charge is 0.262 e. The van der Waals surface area contributed by atoms with Crippen molar-refractivity contribution in [2.24, 2.45) is 0 Å². The number of hydrogen-bond acceptors (Lipinski definition) is 5. The predicted octanol–water partition coefficient (Wildman–Crippen LogP) is 3.64. The molecule has 9 heteroatoms. The van der Waals surface area contributed by atoms with Gasteiger partial charge in [-0.3, -0.25) is 4.79 Å². The molecule has 1 aliphatic rings. The Morgan fingerprint density at radius 2 is 1.74 bits per heavy atom. The summed E-state index contributed by atoms with van der Waals surface area (Å²) in [4.78, 5) is 12.5. The van der Waals surface area contributed by atoms with Gasteiger partial charge in [-0.25, -0.2) is 8.42 Å². The van der Waals surface area contributed by atoms with E-state index in [9.17, 15) is 13.2 Å². The molecule has 1 saturated heterocycles. The number of rotatable bonds is 6. The second kappa shape index (κ2) is 9.35. The number of fused-ring (bicyclic) bond motifs is 1. The van der Waals surface area contributed by atoms with Crippen molar-refractivity contribution in [3.05, 3.63) is 65.1 Å². The minimum Gasteiger partial charge on any atom is -0.483 e. The molecule has 3 aromatic rings. The Hall–Kier alpha value is -2.46. The van der Waals surface area contributed by atoms with Crippen LogP contribution in [0.5, 0.6) is 5.75 Å². The van der Waals surface area contributed by atoms with Crippen LogP contribution in [0, 0.1) is 0 Å². The van der Waals surface area contributed by atoms with E-state index in [1.807, 2.05) is 36.4 Å². The largest absolute Gasteiger partial charge is 0.483 e.